The number of aromatic nitrogens is 2. The van der Waals surface area contributed by atoms with Crippen molar-refractivity contribution in [3.63, 3.8) is 0 Å². The maximum absolute atomic E-state index is 12.3. The van der Waals surface area contributed by atoms with Gasteiger partial charge in [0.25, 0.3) is 0 Å². The normalized spacial score (nSPS) is 10.8. The van der Waals surface area contributed by atoms with Gasteiger partial charge in [-0.05, 0) is 18.2 Å². The maximum atomic E-state index is 12.3. The zero-order chi connectivity index (χ0) is 13.4. The largest absolute Gasteiger partial charge is 0.618 e. The standard InChI is InChI=1S/C14H12N2O3/c1-18-9-4-6-13-12(7-9)15-11-5-3-10(19-2)8-14(11)16(13)17/h3-8H,1-2H3. The molecule has 0 amide bonds. The minimum atomic E-state index is 0.483. The molecule has 2 aromatic carbocycles. The Balaban J connectivity index is 2.37. The number of fused-ring (bicyclic) bond motifs is 2. The van der Waals surface area contributed by atoms with Gasteiger partial charge in [-0.1, -0.05) is 0 Å². The Labute approximate surface area is 109 Å². The molecule has 1 aromatic heterocycles. The summed E-state index contributed by atoms with van der Waals surface area (Å²) in [6.45, 7) is 0. The molecule has 0 radical (unpaired) electrons. The summed E-state index contributed by atoms with van der Waals surface area (Å²) in [6.07, 6.45) is 0. The monoisotopic (exact) mass is 256 g/mol. The molecule has 0 fully saturated rings. The Morgan fingerprint density at radius 2 is 1.58 bits per heavy atom. The van der Waals surface area contributed by atoms with Crippen molar-refractivity contribution in [2.75, 3.05) is 14.2 Å². The van der Waals surface area contributed by atoms with Crippen LogP contribution >= 0.6 is 0 Å². The smallest absolute Gasteiger partial charge is 0.246 e. The van der Waals surface area contributed by atoms with Gasteiger partial charge >= 0.3 is 0 Å². The SMILES string of the molecule is COc1ccc2c(c1)nc1ccc(OC)cc1[n+]2[O-]. The fraction of sp³-hybridized carbons (Fsp3) is 0.143. The van der Waals surface area contributed by atoms with Crippen LogP contribution in [0.2, 0.25) is 0 Å². The van der Waals surface area contributed by atoms with Crippen LogP contribution in [0.25, 0.3) is 22.1 Å². The maximum Gasteiger partial charge on any atom is 0.246 e. The third-order valence-electron chi connectivity index (χ3n) is 3.04. The van der Waals surface area contributed by atoms with Crippen molar-refractivity contribution in [2.45, 2.75) is 0 Å². The fourth-order valence-corrected chi connectivity index (χ4v) is 2.04. The lowest BCUT2D eigenvalue weighted by molar-refractivity contribution is -0.548. The Kier molecular flexibility index (Phi) is 2.59. The molecule has 0 bridgehead atoms. The van der Waals surface area contributed by atoms with Crippen LogP contribution in [0.4, 0.5) is 0 Å². The second-order valence-electron chi connectivity index (χ2n) is 4.12. The van der Waals surface area contributed by atoms with Crippen molar-refractivity contribution in [1.82, 2.24) is 4.98 Å². The van der Waals surface area contributed by atoms with Crippen molar-refractivity contribution < 1.29 is 14.2 Å². The molecule has 3 rings (SSSR count). The van der Waals surface area contributed by atoms with Gasteiger partial charge in [0, 0.05) is 12.1 Å². The molecule has 0 saturated heterocycles. The van der Waals surface area contributed by atoms with E-state index in [0.29, 0.717) is 33.6 Å². The van der Waals surface area contributed by atoms with Gasteiger partial charge < -0.3 is 14.7 Å². The Morgan fingerprint density at radius 1 is 0.895 bits per heavy atom. The van der Waals surface area contributed by atoms with Crippen LogP contribution in [0.1, 0.15) is 0 Å². The Morgan fingerprint density at radius 3 is 2.32 bits per heavy atom. The van der Waals surface area contributed by atoms with Gasteiger partial charge in [-0.2, -0.15) is 4.73 Å². The molecule has 0 atom stereocenters. The summed E-state index contributed by atoms with van der Waals surface area (Å²) in [7, 11) is 3.15. The molecule has 0 spiro atoms. The van der Waals surface area contributed by atoms with Crippen molar-refractivity contribution in [2.24, 2.45) is 0 Å². The highest BCUT2D eigenvalue weighted by Crippen LogP contribution is 2.22. The summed E-state index contributed by atoms with van der Waals surface area (Å²) in [5.74, 6) is 1.31. The molecular formula is C14H12N2O3. The first-order valence-electron chi connectivity index (χ1n) is 5.78. The second-order valence-corrected chi connectivity index (χ2v) is 4.12. The highest BCUT2D eigenvalue weighted by Gasteiger charge is 2.13. The molecule has 0 N–H and O–H groups in total. The highest BCUT2D eigenvalue weighted by molar-refractivity contribution is 5.83. The van der Waals surface area contributed by atoms with E-state index >= 15 is 0 Å². The lowest BCUT2D eigenvalue weighted by atomic mass is 10.2. The first-order valence-corrected chi connectivity index (χ1v) is 5.78. The molecule has 5 heteroatoms. The molecule has 0 unspecified atom stereocenters. The van der Waals surface area contributed by atoms with E-state index in [0.717, 1.165) is 4.73 Å². The molecular weight excluding hydrogens is 244 g/mol. The molecule has 1 heterocycles. The minimum Gasteiger partial charge on any atom is -0.618 e. The van der Waals surface area contributed by atoms with E-state index in [1.54, 1.807) is 50.6 Å². The van der Waals surface area contributed by atoms with Crippen LogP contribution in [-0.2, 0) is 0 Å². The topological polar surface area (TPSA) is 58.3 Å². The van der Waals surface area contributed by atoms with Gasteiger partial charge in [-0.25, -0.2) is 4.98 Å². The van der Waals surface area contributed by atoms with Gasteiger partial charge in [0.05, 0.1) is 20.3 Å². The Bertz CT molecular complexity index is 771. The van der Waals surface area contributed by atoms with Crippen LogP contribution in [0.15, 0.2) is 36.4 Å². The molecule has 0 saturated carbocycles. The van der Waals surface area contributed by atoms with E-state index in [1.807, 2.05) is 0 Å². The Hall–Kier alpha value is -2.56. The summed E-state index contributed by atoms with van der Waals surface area (Å²) in [5, 5.41) is 12.3. The zero-order valence-electron chi connectivity index (χ0n) is 10.6. The van der Waals surface area contributed by atoms with E-state index in [1.165, 1.54) is 0 Å². The number of benzene rings is 2. The number of hydrogen-bond acceptors (Lipinski definition) is 4. The minimum absolute atomic E-state index is 0.483. The predicted octanol–water partition coefficient (Wildman–Crippen LogP) is 2.04. The van der Waals surface area contributed by atoms with Crippen LogP contribution in [0.5, 0.6) is 11.5 Å². The predicted molar refractivity (Wildman–Crippen MR) is 71.3 cm³/mol. The number of nitrogens with zero attached hydrogens (tertiary/aromatic N) is 2. The van der Waals surface area contributed by atoms with E-state index in [2.05, 4.69) is 4.98 Å². The van der Waals surface area contributed by atoms with Crippen molar-refractivity contribution >= 4 is 22.1 Å². The first-order chi connectivity index (χ1) is 9.22. The summed E-state index contributed by atoms with van der Waals surface area (Å²) in [6, 6.07) is 10.4. The van der Waals surface area contributed by atoms with Crippen LogP contribution in [0.3, 0.4) is 0 Å². The third kappa shape index (κ3) is 1.79. The fourth-order valence-electron chi connectivity index (χ4n) is 2.04. The van der Waals surface area contributed by atoms with Gasteiger partial charge in [0.2, 0.25) is 11.0 Å². The number of rotatable bonds is 2. The average molecular weight is 256 g/mol. The lowest BCUT2D eigenvalue weighted by Gasteiger charge is -2.07. The molecule has 19 heavy (non-hydrogen) atoms. The molecule has 96 valence electrons. The van der Waals surface area contributed by atoms with E-state index in [4.69, 9.17) is 9.47 Å². The molecule has 0 aliphatic heterocycles. The first kappa shape index (κ1) is 11.5. The molecule has 3 aromatic rings. The van der Waals surface area contributed by atoms with Crippen molar-refractivity contribution in [1.29, 1.82) is 0 Å². The van der Waals surface area contributed by atoms with Crippen LogP contribution in [0, 0.1) is 5.21 Å². The summed E-state index contributed by atoms with van der Waals surface area (Å²) < 4.78 is 11.1. The lowest BCUT2D eigenvalue weighted by Crippen LogP contribution is -2.28. The van der Waals surface area contributed by atoms with E-state index < -0.39 is 0 Å². The molecule has 0 aliphatic carbocycles. The van der Waals surface area contributed by atoms with Crippen molar-refractivity contribution in [3.05, 3.63) is 41.6 Å². The second kappa shape index (κ2) is 4.28. The van der Waals surface area contributed by atoms with E-state index in [-0.39, 0.29) is 0 Å². The quantitative estimate of drug-likeness (QED) is 0.400. The van der Waals surface area contributed by atoms with Crippen molar-refractivity contribution in [3.8, 4) is 11.5 Å². The number of hydrogen-bond donors (Lipinski definition) is 0. The van der Waals surface area contributed by atoms with E-state index in [9.17, 15) is 5.21 Å². The number of ether oxygens (including phenoxy) is 2. The van der Waals surface area contributed by atoms with Gasteiger partial charge in [-0.3, -0.25) is 0 Å². The number of methoxy groups -OCH3 is 2. The summed E-state index contributed by atoms with van der Waals surface area (Å²) >= 11 is 0. The van der Waals surface area contributed by atoms with Gasteiger partial charge in [0.15, 0.2) is 0 Å². The summed E-state index contributed by atoms with van der Waals surface area (Å²) in [5.41, 5.74) is 2.21. The average Bonchev–Trinajstić information content (AvgIpc) is 2.46. The van der Waals surface area contributed by atoms with Gasteiger partial charge in [-0.15, -0.1) is 0 Å². The zero-order valence-corrected chi connectivity index (χ0v) is 10.6. The molecule has 0 aliphatic rings. The van der Waals surface area contributed by atoms with Gasteiger partial charge in [0.1, 0.15) is 22.5 Å². The highest BCUT2D eigenvalue weighted by atomic mass is 16.5. The third-order valence-corrected chi connectivity index (χ3v) is 3.04. The van der Waals surface area contributed by atoms with Crippen LogP contribution in [-0.4, -0.2) is 19.2 Å². The summed E-state index contributed by atoms with van der Waals surface area (Å²) in [4.78, 5) is 4.47. The van der Waals surface area contributed by atoms with Crippen LogP contribution < -0.4 is 14.2 Å². The molecule has 5 nitrogen and oxygen atoms in total.